The monoisotopic (exact) mass is 190 g/mol. The number of allylic oxidation sites excluding steroid dienone is 1. The third-order valence-corrected chi connectivity index (χ3v) is 2.05. The van der Waals surface area contributed by atoms with Crippen molar-refractivity contribution in [1.82, 2.24) is 0 Å². The Hall–Kier alpha value is -1.77. The second kappa shape index (κ2) is 3.54. The molecule has 0 bridgehead atoms. The molecule has 1 heterocycles. The largest absolute Gasteiger partial charge is 0.454 e. The Morgan fingerprint density at radius 3 is 2.43 bits per heavy atom. The molecule has 3 nitrogen and oxygen atoms in total. The molecule has 0 saturated carbocycles. The third kappa shape index (κ3) is 1.37. The lowest BCUT2D eigenvalue weighted by Crippen LogP contribution is -1.92. The lowest BCUT2D eigenvalue weighted by Gasteiger charge is -2.01. The minimum Gasteiger partial charge on any atom is -0.454 e. The van der Waals surface area contributed by atoms with Crippen molar-refractivity contribution in [3.8, 4) is 11.5 Å². The van der Waals surface area contributed by atoms with Crippen LogP contribution in [0.4, 0.5) is 0 Å². The average molecular weight is 190 g/mol. The molecule has 1 aliphatic rings. The Morgan fingerprint density at radius 1 is 1.21 bits per heavy atom. The van der Waals surface area contributed by atoms with E-state index in [1.54, 1.807) is 6.07 Å². The molecule has 72 valence electrons. The van der Waals surface area contributed by atoms with Gasteiger partial charge in [-0.05, 0) is 24.6 Å². The maximum Gasteiger partial charge on any atom is 0.231 e. The highest BCUT2D eigenvalue weighted by atomic mass is 16.7. The molecule has 1 aromatic rings. The molecule has 0 N–H and O–H groups in total. The first-order valence-electron chi connectivity index (χ1n) is 4.36. The van der Waals surface area contributed by atoms with Crippen LogP contribution >= 0.6 is 0 Å². The predicted molar refractivity (Wildman–Crippen MR) is 52.7 cm³/mol. The van der Waals surface area contributed by atoms with Gasteiger partial charge in [0.15, 0.2) is 17.8 Å². The molecule has 0 aliphatic carbocycles. The summed E-state index contributed by atoms with van der Waals surface area (Å²) < 4.78 is 10.4. The van der Waals surface area contributed by atoms with Gasteiger partial charge in [-0.3, -0.25) is 4.79 Å². The zero-order valence-corrected chi connectivity index (χ0v) is 7.82. The number of aldehydes is 1. The van der Waals surface area contributed by atoms with Crippen molar-refractivity contribution < 1.29 is 14.3 Å². The highest BCUT2D eigenvalue weighted by Gasteiger charge is 2.15. The van der Waals surface area contributed by atoms with E-state index in [1.807, 2.05) is 25.1 Å². The summed E-state index contributed by atoms with van der Waals surface area (Å²) in [5.41, 5.74) is 1.47. The molecule has 0 unspecified atom stereocenters. The summed E-state index contributed by atoms with van der Waals surface area (Å²) in [6.07, 6.45) is 4.56. The summed E-state index contributed by atoms with van der Waals surface area (Å²) in [7, 11) is 0. The van der Waals surface area contributed by atoms with Crippen LogP contribution in [-0.4, -0.2) is 13.1 Å². The van der Waals surface area contributed by atoms with Crippen LogP contribution in [0.1, 0.15) is 22.8 Å². The minimum atomic E-state index is 0.229. The summed E-state index contributed by atoms with van der Waals surface area (Å²) in [5, 5.41) is 0. The first-order chi connectivity index (χ1) is 6.85. The number of rotatable bonds is 2. The van der Waals surface area contributed by atoms with E-state index in [0.29, 0.717) is 17.1 Å². The van der Waals surface area contributed by atoms with Gasteiger partial charge in [-0.15, -0.1) is 0 Å². The van der Waals surface area contributed by atoms with Gasteiger partial charge < -0.3 is 9.47 Å². The molecule has 0 saturated heterocycles. The van der Waals surface area contributed by atoms with Crippen LogP contribution in [0.2, 0.25) is 0 Å². The van der Waals surface area contributed by atoms with Crippen LogP contribution in [0.25, 0.3) is 6.08 Å². The van der Waals surface area contributed by atoms with Crippen molar-refractivity contribution >= 4 is 12.4 Å². The molecular formula is C11H10O3. The van der Waals surface area contributed by atoms with E-state index >= 15 is 0 Å². The van der Waals surface area contributed by atoms with Crippen molar-refractivity contribution in [1.29, 1.82) is 0 Å². The second-order valence-electron chi connectivity index (χ2n) is 2.95. The maximum absolute atomic E-state index is 10.8. The number of benzene rings is 1. The standard InChI is InChI=1S/C11H10O3/c1-2-3-8-4-10-11(14-7-13-10)5-9(8)6-12/h2-6H,7H2,1H3. The highest BCUT2D eigenvalue weighted by Crippen LogP contribution is 2.34. The van der Waals surface area contributed by atoms with Crippen molar-refractivity contribution in [3.63, 3.8) is 0 Å². The summed E-state index contributed by atoms with van der Waals surface area (Å²) in [6, 6.07) is 3.51. The maximum atomic E-state index is 10.8. The fourth-order valence-electron chi connectivity index (χ4n) is 1.40. The van der Waals surface area contributed by atoms with Gasteiger partial charge in [-0.25, -0.2) is 0 Å². The minimum absolute atomic E-state index is 0.229. The number of hydrogen-bond donors (Lipinski definition) is 0. The molecule has 0 spiro atoms. The fraction of sp³-hybridized carbons (Fsp3) is 0.182. The fourth-order valence-corrected chi connectivity index (χ4v) is 1.40. The zero-order valence-electron chi connectivity index (χ0n) is 7.82. The molecule has 0 fully saturated rings. The van der Waals surface area contributed by atoms with Crippen molar-refractivity contribution in [2.75, 3.05) is 6.79 Å². The van der Waals surface area contributed by atoms with Gasteiger partial charge in [0.2, 0.25) is 6.79 Å². The summed E-state index contributed by atoms with van der Waals surface area (Å²) in [5.74, 6) is 1.34. The van der Waals surface area contributed by atoms with Crippen molar-refractivity contribution in [2.24, 2.45) is 0 Å². The first-order valence-corrected chi connectivity index (χ1v) is 4.36. The van der Waals surface area contributed by atoms with Gasteiger partial charge in [-0.2, -0.15) is 0 Å². The number of carbonyl (C=O) groups is 1. The number of fused-ring (bicyclic) bond motifs is 1. The molecule has 1 aromatic carbocycles. The van der Waals surface area contributed by atoms with E-state index in [9.17, 15) is 4.79 Å². The Bertz CT molecular complexity index is 394. The normalized spacial score (nSPS) is 13.5. The second-order valence-corrected chi connectivity index (χ2v) is 2.95. The van der Waals surface area contributed by atoms with Gasteiger partial charge in [0.25, 0.3) is 0 Å². The lowest BCUT2D eigenvalue weighted by molar-refractivity contribution is 0.112. The summed E-state index contributed by atoms with van der Waals surface area (Å²) in [6.45, 7) is 2.13. The van der Waals surface area contributed by atoms with Crippen LogP contribution in [0, 0.1) is 0 Å². The van der Waals surface area contributed by atoms with Gasteiger partial charge in [-0.1, -0.05) is 12.2 Å². The Morgan fingerprint density at radius 2 is 1.86 bits per heavy atom. The van der Waals surface area contributed by atoms with Crippen molar-refractivity contribution in [3.05, 3.63) is 29.3 Å². The Kier molecular flexibility index (Phi) is 2.23. The van der Waals surface area contributed by atoms with E-state index < -0.39 is 0 Å². The van der Waals surface area contributed by atoms with Gasteiger partial charge in [0.1, 0.15) is 0 Å². The van der Waals surface area contributed by atoms with Crippen LogP contribution in [0.3, 0.4) is 0 Å². The van der Waals surface area contributed by atoms with Gasteiger partial charge >= 0.3 is 0 Å². The average Bonchev–Trinajstić information content (AvgIpc) is 2.64. The van der Waals surface area contributed by atoms with Gasteiger partial charge in [0, 0.05) is 5.56 Å². The molecule has 0 radical (unpaired) electrons. The first kappa shape index (κ1) is 8.81. The number of carbonyl (C=O) groups excluding carboxylic acids is 1. The van der Waals surface area contributed by atoms with Crippen LogP contribution in [0.15, 0.2) is 18.2 Å². The van der Waals surface area contributed by atoms with Crippen LogP contribution in [-0.2, 0) is 0 Å². The van der Waals surface area contributed by atoms with E-state index in [4.69, 9.17) is 9.47 Å². The molecule has 1 aliphatic heterocycles. The molecular weight excluding hydrogens is 180 g/mol. The van der Waals surface area contributed by atoms with E-state index in [-0.39, 0.29) is 6.79 Å². The number of ether oxygens (including phenoxy) is 2. The van der Waals surface area contributed by atoms with E-state index in [1.165, 1.54) is 0 Å². The molecule has 0 amide bonds. The van der Waals surface area contributed by atoms with E-state index in [2.05, 4.69) is 0 Å². The van der Waals surface area contributed by atoms with Crippen LogP contribution < -0.4 is 9.47 Å². The predicted octanol–water partition coefficient (Wildman–Crippen LogP) is 2.26. The highest BCUT2D eigenvalue weighted by molar-refractivity contribution is 5.83. The molecule has 2 rings (SSSR count). The number of hydrogen-bond acceptors (Lipinski definition) is 3. The van der Waals surface area contributed by atoms with Crippen molar-refractivity contribution in [2.45, 2.75) is 6.92 Å². The zero-order chi connectivity index (χ0) is 9.97. The summed E-state index contributed by atoms with van der Waals surface area (Å²) in [4.78, 5) is 10.8. The molecule has 14 heavy (non-hydrogen) atoms. The molecule has 0 aromatic heterocycles. The molecule has 0 atom stereocenters. The Labute approximate surface area is 81.9 Å². The van der Waals surface area contributed by atoms with Crippen LogP contribution in [0.5, 0.6) is 11.5 Å². The van der Waals surface area contributed by atoms with E-state index in [0.717, 1.165) is 11.8 Å². The summed E-state index contributed by atoms with van der Waals surface area (Å²) >= 11 is 0. The van der Waals surface area contributed by atoms with Gasteiger partial charge in [0.05, 0.1) is 0 Å². The SMILES string of the molecule is CC=Cc1cc2c(cc1C=O)OCO2. The Balaban J connectivity index is 2.54. The smallest absolute Gasteiger partial charge is 0.231 e. The topological polar surface area (TPSA) is 35.5 Å². The lowest BCUT2D eigenvalue weighted by atomic mass is 10.1. The quantitative estimate of drug-likeness (QED) is 0.671. The molecule has 3 heteroatoms. The third-order valence-electron chi connectivity index (χ3n) is 2.05.